The Kier molecular flexibility index (Phi) is 6.44. The lowest BCUT2D eigenvalue weighted by Gasteiger charge is -2.11. The van der Waals surface area contributed by atoms with E-state index in [0.29, 0.717) is 17.5 Å². The second-order valence-electron chi connectivity index (χ2n) is 14.0. The van der Waals surface area contributed by atoms with Crippen LogP contribution in [-0.4, -0.2) is 19.5 Å². The third-order valence-electron chi connectivity index (χ3n) is 10.8. The molecule has 6 heteroatoms. The first kappa shape index (κ1) is 30.3. The zero-order chi connectivity index (χ0) is 36.0. The topological polar surface area (TPSA) is 56.7 Å². The van der Waals surface area contributed by atoms with E-state index in [-0.39, 0.29) is 0 Å². The number of rotatable bonds is 4. The predicted octanol–water partition coefficient (Wildman–Crippen LogP) is 13.4. The van der Waals surface area contributed by atoms with Crippen LogP contribution < -0.4 is 0 Å². The fourth-order valence-corrected chi connectivity index (χ4v) is 9.43. The summed E-state index contributed by atoms with van der Waals surface area (Å²) in [5.41, 5.74) is 7.92. The van der Waals surface area contributed by atoms with Gasteiger partial charge in [-0.15, -0.1) is 11.3 Å². The highest BCUT2D eigenvalue weighted by molar-refractivity contribution is 7.25. The van der Waals surface area contributed by atoms with Crippen LogP contribution in [0.1, 0.15) is 0 Å². The van der Waals surface area contributed by atoms with Crippen molar-refractivity contribution in [2.24, 2.45) is 0 Å². The maximum atomic E-state index is 6.72. The molecule has 5 nitrogen and oxygen atoms in total. The van der Waals surface area contributed by atoms with Gasteiger partial charge in [0.1, 0.15) is 11.2 Å². The lowest BCUT2D eigenvalue weighted by molar-refractivity contribution is 0.672. The van der Waals surface area contributed by atoms with Crippen LogP contribution in [0, 0.1) is 0 Å². The summed E-state index contributed by atoms with van der Waals surface area (Å²) < 4.78 is 11.7. The van der Waals surface area contributed by atoms with Crippen LogP contribution in [0.5, 0.6) is 0 Å². The van der Waals surface area contributed by atoms with E-state index in [1.54, 1.807) is 0 Å². The molecule has 0 aliphatic heterocycles. The van der Waals surface area contributed by atoms with E-state index in [2.05, 4.69) is 114 Å². The van der Waals surface area contributed by atoms with Crippen LogP contribution in [0.15, 0.2) is 174 Å². The van der Waals surface area contributed by atoms with Crippen LogP contribution in [0.25, 0.3) is 115 Å². The Morgan fingerprint density at radius 2 is 1.04 bits per heavy atom. The number of benzene rings is 8. The van der Waals surface area contributed by atoms with Crippen molar-refractivity contribution in [2.75, 3.05) is 0 Å². The molecule has 12 rings (SSSR count). The van der Waals surface area contributed by atoms with Crippen LogP contribution in [-0.2, 0) is 0 Å². The van der Waals surface area contributed by atoms with Gasteiger partial charge in [-0.1, -0.05) is 121 Å². The molecule has 0 amide bonds. The molecule has 0 N–H and O–H groups in total. The fourth-order valence-electron chi connectivity index (χ4n) is 8.30. The van der Waals surface area contributed by atoms with Crippen molar-refractivity contribution in [1.82, 2.24) is 19.5 Å². The quantitative estimate of drug-likeness (QED) is 0.182. The standard InChI is InChI=1S/C49H28N4OS/c1-3-13-29(14-4-1)47-50-48(30-15-5-2-6-16-30)52-49(51-47)40-27-39-37-25-31(23-24-43(37)54-46(39)35-20-8-7-17-32(35)40)53-41-21-11-9-18-33(41)36-26-38-34-19-10-12-22-44(34)55-45(38)28-42(36)53/h1-28H. The van der Waals surface area contributed by atoms with Crippen LogP contribution >= 0.6 is 11.3 Å². The molecule has 4 aromatic heterocycles. The molecule has 0 atom stereocenters. The molecule has 0 aliphatic rings. The molecule has 0 unspecified atom stereocenters. The number of aromatic nitrogens is 4. The van der Waals surface area contributed by atoms with E-state index in [1.807, 2.05) is 72.0 Å². The minimum atomic E-state index is 0.617. The van der Waals surface area contributed by atoms with E-state index in [1.165, 1.54) is 42.0 Å². The number of para-hydroxylation sites is 1. The van der Waals surface area contributed by atoms with Crippen molar-refractivity contribution in [2.45, 2.75) is 0 Å². The molecule has 256 valence electrons. The molecular weight excluding hydrogens is 693 g/mol. The second-order valence-corrected chi connectivity index (χ2v) is 15.1. The Labute approximate surface area is 318 Å². The molecular formula is C49H28N4OS. The lowest BCUT2D eigenvalue weighted by Crippen LogP contribution is -2.00. The molecule has 0 saturated carbocycles. The normalized spacial score (nSPS) is 12.0. The van der Waals surface area contributed by atoms with E-state index in [9.17, 15) is 0 Å². The van der Waals surface area contributed by atoms with Gasteiger partial charge in [0.25, 0.3) is 0 Å². The van der Waals surface area contributed by atoms with Crippen LogP contribution in [0.3, 0.4) is 0 Å². The summed E-state index contributed by atoms with van der Waals surface area (Å²) in [6, 6.07) is 59.6. The zero-order valence-electron chi connectivity index (χ0n) is 29.3. The van der Waals surface area contributed by atoms with Crippen LogP contribution in [0.2, 0.25) is 0 Å². The number of thiophene rings is 1. The predicted molar refractivity (Wildman–Crippen MR) is 228 cm³/mol. The zero-order valence-corrected chi connectivity index (χ0v) is 30.1. The monoisotopic (exact) mass is 720 g/mol. The minimum Gasteiger partial charge on any atom is -0.455 e. The van der Waals surface area contributed by atoms with Gasteiger partial charge < -0.3 is 8.98 Å². The molecule has 0 aliphatic carbocycles. The average Bonchev–Trinajstić information content (AvgIpc) is 3.92. The number of fused-ring (bicyclic) bond motifs is 11. The van der Waals surface area contributed by atoms with Gasteiger partial charge in [0, 0.05) is 69.5 Å². The summed E-state index contributed by atoms with van der Waals surface area (Å²) in [6.45, 7) is 0. The number of hydrogen-bond donors (Lipinski definition) is 0. The van der Waals surface area contributed by atoms with E-state index in [4.69, 9.17) is 19.4 Å². The van der Waals surface area contributed by atoms with E-state index < -0.39 is 0 Å². The van der Waals surface area contributed by atoms with E-state index in [0.717, 1.165) is 55.1 Å². The van der Waals surface area contributed by atoms with Gasteiger partial charge in [-0.3, -0.25) is 0 Å². The Balaban J connectivity index is 1.12. The highest BCUT2D eigenvalue weighted by Crippen LogP contribution is 2.43. The molecule has 0 radical (unpaired) electrons. The summed E-state index contributed by atoms with van der Waals surface area (Å²) in [4.78, 5) is 15.2. The molecule has 12 aromatic rings. The van der Waals surface area contributed by atoms with E-state index >= 15 is 0 Å². The van der Waals surface area contributed by atoms with Crippen molar-refractivity contribution in [3.05, 3.63) is 170 Å². The highest BCUT2D eigenvalue weighted by atomic mass is 32.1. The van der Waals surface area contributed by atoms with Crippen molar-refractivity contribution in [1.29, 1.82) is 0 Å². The van der Waals surface area contributed by atoms with Crippen molar-refractivity contribution in [3.8, 4) is 39.9 Å². The average molecular weight is 721 g/mol. The van der Waals surface area contributed by atoms with Gasteiger partial charge in [0.2, 0.25) is 0 Å². The molecule has 0 saturated heterocycles. The molecule has 0 fully saturated rings. The van der Waals surface area contributed by atoms with Gasteiger partial charge >= 0.3 is 0 Å². The first-order valence-electron chi connectivity index (χ1n) is 18.4. The number of nitrogens with zero attached hydrogens (tertiary/aromatic N) is 4. The third kappa shape index (κ3) is 4.62. The van der Waals surface area contributed by atoms with Gasteiger partial charge in [-0.25, -0.2) is 15.0 Å². The summed E-state index contributed by atoms with van der Waals surface area (Å²) in [7, 11) is 0. The SMILES string of the molecule is c1ccc(-c2nc(-c3ccccc3)nc(-c3cc4c5cc(-n6c7ccccc7c7cc8c(cc76)sc6ccccc68)ccc5oc4c4ccccc34)n2)cc1. The lowest BCUT2D eigenvalue weighted by atomic mass is 9.99. The van der Waals surface area contributed by atoms with Gasteiger partial charge in [-0.05, 0) is 53.9 Å². The van der Waals surface area contributed by atoms with Crippen molar-refractivity contribution >= 4 is 86.0 Å². The summed E-state index contributed by atoms with van der Waals surface area (Å²) in [5.74, 6) is 1.88. The Bertz CT molecular complexity index is 3430. The fraction of sp³-hybridized carbons (Fsp3) is 0. The molecule has 0 spiro atoms. The smallest absolute Gasteiger partial charge is 0.164 e. The highest BCUT2D eigenvalue weighted by Gasteiger charge is 2.21. The largest absolute Gasteiger partial charge is 0.455 e. The molecule has 8 aromatic carbocycles. The Morgan fingerprint density at radius 3 is 1.80 bits per heavy atom. The first-order chi connectivity index (χ1) is 27.2. The van der Waals surface area contributed by atoms with Gasteiger partial charge in [0.05, 0.1) is 11.0 Å². The molecule has 4 heterocycles. The summed E-state index contributed by atoms with van der Waals surface area (Å²) in [5, 5.41) is 9.17. The maximum Gasteiger partial charge on any atom is 0.164 e. The van der Waals surface area contributed by atoms with Crippen molar-refractivity contribution < 1.29 is 4.42 Å². The van der Waals surface area contributed by atoms with Crippen molar-refractivity contribution in [3.63, 3.8) is 0 Å². The first-order valence-corrected chi connectivity index (χ1v) is 19.2. The van der Waals surface area contributed by atoms with Gasteiger partial charge in [0.15, 0.2) is 17.5 Å². The Hall–Kier alpha value is -7.15. The number of hydrogen-bond acceptors (Lipinski definition) is 5. The minimum absolute atomic E-state index is 0.617. The molecule has 0 bridgehead atoms. The third-order valence-corrected chi connectivity index (χ3v) is 12.0. The molecule has 55 heavy (non-hydrogen) atoms. The number of furan rings is 1. The second kappa shape index (κ2) is 11.7. The maximum absolute atomic E-state index is 6.72. The summed E-state index contributed by atoms with van der Waals surface area (Å²) in [6.07, 6.45) is 0. The van der Waals surface area contributed by atoms with Gasteiger partial charge in [-0.2, -0.15) is 0 Å². The Morgan fingerprint density at radius 1 is 0.400 bits per heavy atom. The van der Waals surface area contributed by atoms with Crippen LogP contribution in [0.4, 0.5) is 0 Å². The summed E-state index contributed by atoms with van der Waals surface area (Å²) >= 11 is 1.85.